The first kappa shape index (κ1) is 15.9. The molecule has 4 N–H and O–H groups in total. The predicted octanol–water partition coefficient (Wildman–Crippen LogP) is 1.33. The van der Waals surface area contributed by atoms with Crippen molar-refractivity contribution in [1.82, 2.24) is 4.90 Å². The van der Waals surface area contributed by atoms with E-state index in [0.717, 1.165) is 32.4 Å². The number of hydrogen-bond acceptors (Lipinski definition) is 4. The Morgan fingerprint density at radius 3 is 2.55 bits per heavy atom. The van der Waals surface area contributed by atoms with Gasteiger partial charge in [0.25, 0.3) is 0 Å². The maximum absolute atomic E-state index is 10.3. The fraction of sp³-hybridized carbons (Fsp3) is 0.667. The summed E-state index contributed by atoms with van der Waals surface area (Å²) in [6.45, 7) is 3.20. The molecule has 1 saturated carbocycles. The number of rotatable bonds is 6. The Labute approximate surface area is 132 Å². The molecule has 0 aromatic heterocycles. The summed E-state index contributed by atoms with van der Waals surface area (Å²) in [4.78, 5) is 2.31. The van der Waals surface area contributed by atoms with E-state index in [1.54, 1.807) is 0 Å². The van der Waals surface area contributed by atoms with Gasteiger partial charge < -0.3 is 15.9 Å². The zero-order valence-electron chi connectivity index (χ0n) is 13.2. The monoisotopic (exact) mass is 304 g/mol. The van der Waals surface area contributed by atoms with Crippen LogP contribution in [0.15, 0.2) is 30.3 Å². The molecule has 1 saturated heterocycles. The van der Waals surface area contributed by atoms with Gasteiger partial charge in [0.15, 0.2) is 0 Å². The van der Waals surface area contributed by atoms with E-state index in [0.29, 0.717) is 31.3 Å². The van der Waals surface area contributed by atoms with Gasteiger partial charge in [-0.15, -0.1) is 0 Å². The number of nitrogens with zero attached hydrogens (tertiary/aromatic N) is 1. The number of likely N-dealkylation sites (tertiary alicyclic amines) is 1. The molecule has 1 heterocycles. The van der Waals surface area contributed by atoms with Crippen molar-refractivity contribution in [2.45, 2.75) is 43.3 Å². The average Bonchev–Trinajstić information content (AvgIpc) is 2.89. The quantitative estimate of drug-likeness (QED) is 0.741. The van der Waals surface area contributed by atoms with Crippen molar-refractivity contribution in [2.75, 3.05) is 26.2 Å². The predicted molar refractivity (Wildman–Crippen MR) is 87.6 cm³/mol. The highest BCUT2D eigenvalue weighted by Gasteiger charge is 2.38. The molecule has 1 aromatic rings. The number of β-amino-alcohol motifs (C(OH)–C–C–N with tert-alkyl or cyclic N) is 1. The topological polar surface area (TPSA) is 69.7 Å². The van der Waals surface area contributed by atoms with Crippen LogP contribution in [0.2, 0.25) is 0 Å². The van der Waals surface area contributed by atoms with Crippen molar-refractivity contribution in [1.29, 1.82) is 0 Å². The fourth-order valence-electron chi connectivity index (χ4n) is 4.02. The molecular formula is C18H28N2O2. The summed E-state index contributed by atoms with van der Waals surface area (Å²) in [6, 6.07) is 10.5. The van der Waals surface area contributed by atoms with Gasteiger partial charge in [0.2, 0.25) is 0 Å². The second-order valence-electron chi connectivity index (χ2n) is 7.17. The molecule has 22 heavy (non-hydrogen) atoms. The molecule has 0 bridgehead atoms. The van der Waals surface area contributed by atoms with Gasteiger partial charge in [0.1, 0.15) is 0 Å². The van der Waals surface area contributed by atoms with Gasteiger partial charge in [0.05, 0.1) is 11.7 Å². The number of aliphatic hydroxyl groups is 2. The summed E-state index contributed by atoms with van der Waals surface area (Å²) >= 11 is 0. The van der Waals surface area contributed by atoms with Crippen LogP contribution in [0.1, 0.15) is 37.2 Å². The van der Waals surface area contributed by atoms with E-state index in [2.05, 4.69) is 29.2 Å². The Hall–Kier alpha value is -0.940. The van der Waals surface area contributed by atoms with Crippen molar-refractivity contribution in [2.24, 2.45) is 11.7 Å². The van der Waals surface area contributed by atoms with Crippen molar-refractivity contribution in [3.05, 3.63) is 35.9 Å². The Morgan fingerprint density at radius 2 is 1.95 bits per heavy atom. The first-order valence-corrected chi connectivity index (χ1v) is 8.47. The minimum Gasteiger partial charge on any atom is -0.392 e. The molecular weight excluding hydrogens is 276 g/mol. The Morgan fingerprint density at radius 1 is 1.23 bits per heavy atom. The second-order valence-corrected chi connectivity index (χ2v) is 7.17. The zero-order valence-corrected chi connectivity index (χ0v) is 13.2. The highest BCUT2D eigenvalue weighted by molar-refractivity contribution is 5.22. The molecule has 0 radical (unpaired) electrons. The smallest absolute Gasteiger partial charge is 0.0694 e. The summed E-state index contributed by atoms with van der Waals surface area (Å²) in [5, 5.41) is 20.5. The molecule has 4 heteroatoms. The first-order valence-electron chi connectivity index (χ1n) is 8.47. The first-order chi connectivity index (χ1) is 10.6. The molecule has 4 nitrogen and oxygen atoms in total. The van der Waals surface area contributed by atoms with Crippen LogP contribution in [-0.2, 0) is 0 Å². The van der Waals surface area contributed by atoms with Crippen LogP contribution >= 0.6 is 0 Å². The van der Waals surface area contributed by atoms with Gasteiger partial charge in [-0.25, -0.2) is 0 Å². The van der Waals surface area contributed by atoms with Crippen LogP contribution in [0.4, 0.5) is 0 Å². The lowest BCUT2D eigenvalue weighted by atomic mass is 9.76. The van der Waals surface area contributed by atoms with Crippen LogP contribution in [0.5, 0.6) is 0 Å². The highest BCUT2D eigenvalue weighted by atomic mass is 16.3. The van der Waals surface area contributed by atoms with Crippen LogP contribution in [0.25, 0.3) is 0 Å². The van der Waals surface area contributed by atoms with Crippen LogP contribution < -0.4 is 5.73 Å². The van der Waals surface area contributed by atoms with Gasteiger partial charge in [-0.05, 0) is 37.3 Å². The van der Waals surface area contributed by atoms with E-state index in [4.69, 9.17) is 5.73 Å². The molecule has 2 aliphatic rings. The zero-order chi connectivity index (χ0) is 15.6. The third kappa shape index (κ3) is 3.51. The van der Waals surface area contributed by atoms with E-state index in [1.165, 1.54) is 5.56 Å². The standard InChI is InChI=1S/C18H28N2O2/c19-10-15-11-20(12-16(21)9-18(22)7-4-8-18)13-17(15)14-5-2-1-3-6-14/h1-3,5-6,15-17,21-22H,4,7-13,19H2/t15-,16?,17+/m1/s1. The van der Waals surface area contributed by atoms with Crippen molar-refractivity contribution < 1.29 is 10.2 Å². The lowest BCUT2D eigenvalue weighted by Crippen LogP contribution is -2.43. The maximum Gasteiger partial charge on any atom is 0.0694 e. The molecule has 3 rings (SSSR count). The molecule has 122 valence electrons. The number of benzene rings is 1. The number of aliphatic hydroxyl groups excluding tert-OH is 1. The molecule has 1 aliphatic carbocycles. The van der Waals surface area contributed by atoms with Gasteiger partial charge in [-0.2, -0.15) is 0 Å². The third-order valence-corrected chi connectivity index (χ3v) is 5.42. The van der Waals surface area contributed by atoms with E-state index < -0.39 is 11.7 Å². The molecule has 1 aliphatic heterocycles. The Kier molecular flexibility index (Phi) is 4.83. The molecule has 1 unspecified atom stereocenters. The minimum atomic E-state index is -0.606. The van der Waals surface area contributed by atoms with E-state index in [1.807, 2.05) is 6.07 Å². The van der Waals surface area contributed by atoms with Gasteiger partial charge in [-0.1, -0.05) is 30.3 Å². The van der Waals surface area contributed by atoms with Crippen LogP contribution in [-0.4, -0.2) is 53.0 Å². The highest BCUT2D eigenvalue weighted by Crippen LogP contribution is 2.36. The Balaban J connectivity index is 1.57. The molecule has 0 amide bonds. The second kappa shape index (κ2) is 6.67. The van der Waals surface area contributed by atoms with Crippen LogP contribution in [0.3, 0.4) is 0 Å². The summed E-state index contributed by atoms with van der Waals surface area (Å²) in [6.07, 6.45) is 2.81. The number of nitrogens with two attached hydrogens (primary N) is 1. The van der Waals surface area contributed by atoms with Crippen LogP contribution in [0, 0.1) is 5.92 Å². The molecule has 0 spiro atoms. The van der Waals surface area contributed by atoms with Crippen molar-refractivity contribution in [3.63, 3.8) is 0 Å². The lowest BCUT2D eigenvalue weighted by Gasteiger charge is -2.38. The largest absolute Gasteiger partial charge is 0.392 e. The van der Waals surface area contributed by atoms with E-state index >= 15 is 0 Å². The van der Waals surface area contributed by atoms with Gasteiger partial charge >= 0.3 is 0 Å². The Bertz CT molecular complexity index is 475. The molecule has 1 aromatic carbocycles. The van der Waals surface area contributed by atoms with Crippen molar-refractivity contribution in [3.8, 4) is 0 Å². The molecule has 3 atom stereocenters. The molecule has 2 fully saturated rings. The van der Waals surface area contributed by atoms with E-state index in [-0.39, 0.29) is 0 Å². The summed E-state index contributed by atoms with van der Waals surface area (Å²) < 4.78 is 0. The maximum atomic E-state index is 10.3. The van der Waals surface area contributed by atoms with Crippen molar-refractivity contribution >= 4 is 0 Å². The lowest BCUT2D eigenvalue weighted by molar-refractivity contribution is -0.0722. The van der Waals surface area contributed by atoms with Gasteiger partial charge in [-0.3, -0.25) is 4.90 Å². The minimum absolute atomic E-state index is 0.446. The summed E-state index contributed by atoms with van der Waals surface area (Å²) in [5.74, 6) is 0.895. The fourth-order valence-corrected chi connectivity index (χ4v) is 4.02. The third-order valence-electron chi connectivity index (χ3n) is 5.42. The van der Waals surface area contributed by atoms with Gasteiger partial charge in [0, 0.05) is 32.0 Å². The summed E-state index contributed by atoms with van der Waals surface area (Å²) in [5.41, 5.74) is 6.69. The number of hydrogen-bond donors (Lipinski definition) is 3. The van der Waals surface area contributed by atoms with E-state index in [9.17, 15) is 10.2 Å². The summed E-state index contributed by atoms with van der Waals surface area (Å²) in [7, 11) is 0. The average molecular weight is 304 g/mol. The normalized spacial score (nSPS) is 29.2. The SMILES string of the molecule is NC[C@@H]1CN(CC(O)CC2(O)CCC2)C[C@H]1c1ccccc1.